The Morgan fingerprint density at radius 1 is 1.13 bits per heavy atom. The number of rotatable bonds is 6. The summed E-state index contributed by atoms with van der Waals surface area (Å²) < 4.78 is 11.9. The van der Waals surface area contributed by atoms with E-state index in [2.05, 4.69) is 22.5 Å². The van der Waals surface area contributed by atoms with Crippen molar-refractivity contribution in [1.82, 2.24) is 10.6 Å². The second-order valence-electron chi connectivity index (χ2n) is 7.11. The number of guanidine groups is 1. The Bertz CT molecular complexity index is 380. The van der Waals surface area contributed by atoms with Gasteiger partial charge in [-0.2, -0.15) is 0 Å². The summed E-state index contributed by atoms with van der Waals surface area (Å²) in [6.07, 6.45) is 12.7. The van der Waals surface area contributed by atoms with Gasteiger partial charge >= 0.3 is 0 Å². The Labute approximate surface area is 140 Å². The van der Waals surface area contributed by atoms with E-state index in [1.165, 1.54) is 51.4 Å². The van der Waals surface area contributed by atoms with E-state index in [4.69, 9.17) is 9.47 Å². The highest BCUT2D eigenvalue weighted by atomic mass is 16.5. The van der Waals surface area contributed by atoms with Crippen molar-refractivity contribution in [1.29, 1.82) is 0 Å². The van der Waals surface area contributed by atoms with Gasteiger partial charge in [0, 0.05) is 6.54 Å². The van der Waals surface area contributed by atoms with Gasteiger partial charge in [-0.3, -0.25) is 4.99 Å². The summed E-state index contributed by atoms with van der Waals surface area (Å²) in [5.41, 5.74) is 0. The molecule has 5 heteroatoms. The van der Waals surface area contributed by atoms with Gasteiger partial charge in [0.2, 0.25) is 0 Å². The highest BCUT2D eigenvalue weighted by molar-refractivity contribution is 5.80. The molecular weight excluding hydrogens is 290 g/mol. The molecule has 0 aromatic rings. The molecule has 0 amide bonds. The summed E-state index contributed by atoms with van der Waals surface area (Å²) in [5, 5.41) is 6.90. The van der Waals surface area contributed by atoms with Crippen LogP contribution in [0.4, 0.5) is 0 Å². The predicted molar refractivity (Wildman–Crippen MR) is 92.9 cm³/mol. The van der Waals surface area contributed by atoms with Crippen LogP contribution in [0.3, 0.4) is 0 Å². The van der Waals surface area contributed by atoms with Crippen LogP contribution in [0.2, 0.25) is 0 Å². The average Bonchev–Trinajstić information content (AvgIpc) is 3.07. The number of hydrogen-bond donors (Lipinski definition) is 2. The van der Waals surface area contributed by atoms with Gasteiger partial charge in [0.05, 0.1) is 37.5 Å². The third kappa shape index (κ3) is 5.08. The molecule has 0 aromatic carbocycles. The van der Waals surface area contributed by atoms with Gasteiger partial charge in [-0.05, 0) is 39.0 Å². The lowest BCUT2D eigenvalue weighted by Gasteiger charge is -2.22. The van der Waals surface area contributed by atoms with Crippen LogP contribution >= 0.6 is 0 Å². The van der Waals surface area contributed by atoms with E-state index in [-0.39, 0.29) is 0 Å². The third-order valence-corrected chi connectivity index (χ3v) is 5.29. The molecule has 1 saturated carbocycles. The summed E-state index contributed by atoms with van der Waals surface area (Å²) in [5.74, 6) is 0.915. The fourth-order valence-corrected chi connectivity index (χ4v) is 4.07. The van der Waals surface area contributed by atoms with E-state index in [0.717, 1.165) is 32.1 Å². The van der Waals surface area contributed by atoms with Crippen LogP contribution in [0.15, 0.2) is 4.99 Å². The fourth-order valence-electron chi connectivity index (χ4n) is 4.07. The zero-order valence-corrected chi connectivity index (χ0v) is 14.6. The Morgan fingerprint density at radius 3 is 2.61 bits per heavy atom. The Balaban J connectivity index is 1.39. The second-order valence-corrected chi connectivity index (χ2v) is 7.11. The topological polar surface area (TPSA) is 54.9 Å². The number of aliphatic imine (C=N–C) groups is 1. The summed E-state index contributed by atoms with van der Waals surface area (Å²) in [6, 6.07) is 0.425. The largest absolute Gasteiger partial charge is 0.376 e. The summed E-state index contributed by atoms with van der Waals surface area (Å²) >= 11 is 0. The maximum atomic E-state index is 6.02. The Morgan fingerprint density at radius 2 is 1.96 bits per heavy atom. The lowest BCUT2D eigenvalue weighted by atomic mass is 9.96. The van der Waals surface area contributed by atoms with Gasteiger partial charge in [0.15, 0.2) is 5.96 Å². The number of fused-ring (bicyclic) bond motifs is 2. The number of nitrogens with zero attached hydrogens (tertiary/aromatic N) is 1. The molecule has 2 saturated heterocycles. The van der Waals surface area contributed by atoms with Crippen molar-refractivity contribution in [3.8, 4) is 0 Å². The minimum atomic E-state index is 0.381. The Kier molecular flexibility index (Phi) is 6.57. The van der Waals surface area contributed by atoms with Crippen LogP contribution in [-0.2, 0) is 9.47 Å². The highest BCUT2D eigenvalue weighted by Gasteiger charge is 2.41. The molecule has 2 aliphatic heterocycles. The molecule has 0 aromatic heterocycles. The second kappa shape index (κ2) is 8.88. The maximum absolute atomic E-state index is 6.02. The molecule has 3 unspecified atom stereocenters. The lowest BCUT2D eigenvalue weighted by molar-refractivity contribution is 0.0487. The van der Waals surface area contributed by atoms with Gasteiger partial charge < -0.3 is 20.1 Å². The molecule has 5 nitrogen and oxygen atoms in total. The van der Waals surface area contributed by atoms with Crippen molar-refractivity contribution in [2.45, 2.75) is 89.1 Å². The molecule has 3 rings (SSSR count). The van der Waals surface area contributed by atoms with Crippen molar-refractivity contribution in [3.05, 3.63) is 0 Å². The summed E-state index contributed by atoms with van der Waals surface area (Å²) in [6.45, 7) is 4.45. The molecule has 1 aliphatic carbocycles. The molecule has 2 heterocycles. The van der Waals surface area contributed by atoms with Crippen LogP contribution in [0.25, 0.3) is 0 Å². The van der Waals surface area contributed by atoms with Crippen molar-refractivity contribution in [2.75, 3.05) is 19.7 Å². The average molecular weight is 323 g/mol. The normalized spacial score (nSPS) is 32.0. The molecule has 0 radical (unpaired) electrons. The van der Waals surface area contributed by atoms with Gasteiger partial charge in [-0.1, -0.05) is 25.7 Å². The first-order valence-electron chi connectivity index (χ1n) is 9.67. The SMILES string of the molecule is CCNC(=NCCOC1CCCCCC1)NC1CC2CCC1O2. The highest BCUT2D eigenvalue weighted by Crippen LogP contribution is 2.34. The van der Waals surface area contributed by atoms with Crippen molar-refractivity contribution in [3.63, 3.8) is 0 Å². The van der Waals surface area contributed by atoms with Crippen LogP contribution in [0.1, 0.15) is 64.7 Å². The van der Waals surface area contributed by atoms with Gasteiger partial charge in [-0.15, -0.1) is 0 Å². The van der Waals surface area contributed by atoms with E-state index in [1.807, 2.05) is 0 Å². The number of ether oxygens (including phenoxy) is 2. The van der Waals surface area contributed by atoms with Crippen molar-refractivity contribution < 1.29 is 9.47 Å². The first-order chi connectivity index (χ1) is 11.3. The van der Waals surface area contributed by atoms with Crippen molar-refractivity contribution >= 4 is 5.96 Å². The molecule has 23 heavy (non-hydrogen) atoms. The van der Waals surface area contributed by atoms with E-state index in [9.17, 15) is 0 Å². The monoisotopic (exact) mass is 323 g/mol. The Hall–Kier alpha value is -0.810. The van der Waals surface area contributed by atoms with E-state index >= 15 is 0 Å². The van der Waals surface area contributed by atoms with Crippen LogP contribution in [0.5, 0.6) is 0 Å². The first-order valence-corrected chi connectivity index (χ1v) is 9.67. The first kappa shape index (κ1) is 17.0. The van der Waals surface area contributed by atoms with Gasteiger partial charge in [-0.25, -0.2) is 0 Å². The summed E-state index contributed by atoms with van der Waals surface area (Å²) in [7, 11) is 0. The molecule has 3 atom stereocenters. The quantitative estimate of drug-likeness (QED) is 0.341. The van der Waals surface area contributed by atoms with E-state index in [0.29, 0.717) is 24.4 Å². The zero-order chi connectivity index (χ0) is 15.9. The number of hydrogen-bond acceptors (Lipinski definition) is 3. The van der Waals surface area contributed by atoms with Crippen molar-refractivity contribution in [2.24, 2.45) is 4.99 Å². The standard InChI is InChI=1S/C18H33N3O2/c1-2-19-18(21-16-13-15-9-10-17(16)23-15)20-11-12-22-14-7-5-3-4-6-8-14/h14-17H,2-13H2,1H3,(H2,19,20,21). The third-order valence-electron chi connectivity index (χ3n) is 5.29. The summed E-state index contributed by atoms with van der Waals surface area (Å²) in [4.78, 5) is 4.68. The fraction of sp³-hybridized carbons (Fsp3) is 0.944. The molecule has 2 N–H and O–H groups in total. The smallest absolute Gasteiger partial charge is 0.191 e. The van der Waals surface area contributed by atoms with Gasteiger partial charge in [0.1, 0.15) is 0 Å². The molecule has 132 valence electrons. The maximum Gasteiger partial charge on any atom is 0.191 e. The van der Waals surface area contributed by atoms with E-state index in [1.54, 1.807) is 0 Å². The van der Waals surface area contributed by atoms with Crippen LogP contribution in [-0.4, -0.2) is 50.0 Å². The molecule has 3 fully saturated rings. The lowest BCUT2D eigenvalue weighted by Crippen LogP contribution is -2.47. The molecule has 0 spiro atoms. The van der Waals surface area contributed by atoms with E-state index < -0.39 is 0 Å². The molecule has 3 aliphatic rings. The molecule has 2 bridgehead atoms. The molecular formula is C18H33N3O2. The van der Waals surface area contributed by atoms with Crippen LogP contribution < -0.4 is 10.6 Å². The predicted octanol–water partition coefficient (Wildman–Crippen LogP) is 2.60. The minimum Gasteiger partial charge on any atom is -0.376 e. The van der Waals surface area contributed by atoms with Crippen LogP contribution in [0, 0.1) is 0 Å². The minimum absolute atomic E-state index is 0.381. The van der Waals surface area contributed by atoms with Gasteiger partial charge in [0.25, 0.3) is 0 Å². The number of nitrogens with one attached hydrogen (secondary N) is 2. The zero-order valence-electron chi connectivity index (χ0n) is 14.6.